The van der Waals surface area contributed by atoms with Crippen LogP contribution in [-0.4, -0.2) is 19.1 Å². The van der Waals surface area contributed by atoms with Crippen LogP contribution in [0.15, 0.2) is 24.3 Å². The van der Waals surface area contributed by atoms with Crippen molar-refractivity contribution < 1.29 is 4.79 Å². The lowest BCUT2D eigenvalue weighted by Crippen LogP contribution is -2.33. The second-order valence-electron chi connectivity index (χ2n) is 2.88. The molecule has 1 aromatic rings. The van der Waals surface area contributed by atoms with Gasteiger partial charge < -0.3 is 16.4 Å². The number of para-hydroxylation sites is 1. The first-order valence-electron chi connectivity index (χ1n) is 4.50. The van der Waals surface area contributed by atoms with Crippen molar-refractivity contribution in [1.82, 2.24) is 5.32 Å². The molecule has 0 unspecified atom stereocenters. The topological polar surface area (TPSA) is 90.9 Å². The molecule has 78 valence electrons. The smallest absolute Gasteiger partial charge is 0.312 e. The molecule has 0 aliphatic carbocycles. The highest BCUT2D eigenvalue weighted by atomic mass is 16.2. The molecule has 15 heavy (non-hydrogen) atoms. The summed E-state index contributed by atoms with van der Waals surface area (Å²) in [6.07, 6.45) is 0. The van der Waals surface area contributed by atoms with E-state index < -0.39 is 6.03 Å². The molecule has 4 N–H and O–H groups in total. The van der Waals surface area contributed by atoms with Gasteiger partial charge in [0, 0.05) is 13.1 Å². The molecule has 1 rings (SSSR count). The van der Waals surface area contributed by atoms with Gasteiger partial charge in [0.05, 0.1) is 11.3 Å². The molecule has 0 spiro atoms. The average molecular weight is 204 g/mol. The molecule has 1 aromatic carbocycles. The third-order valence-electron chi connectivity index (χ3n) is 1.79. The molecular weight excluding hydrogens is 192 g/mol. The summed E-state index contributed by atoms with van der Waals surface area (Å²) in [4.78, 5) is 10.4. The molecule has 0 saturated carbocycles. The predicted molar refractivity (Wildman–Crippen MR) is 57.2 cm³/mol. The van der Waals surface area contributed by atoms with Gasteiger partial charge in [-0.15, -0.1) is 0 Å². The van der Waals surface area contributed by atoms with Crippen LogP contribution < -0.4 is 16.4 Å². The Labute approximate surface area is 87.9 Å². The lowest BCUT2D eigenvalue weighted by atomic mass is 10.2. The fourth-order valence-electron chi connectivity index (χ4n) is 1.12. The quantitative estimate of drug-likeness (QED) is 0.628. The second-order valence-corrected chi connectivity index (χ2v) is 2.88. The van der Waals surface area contributed by atoms with Gasteiger partial charge in [0.15, 0.2) is 0 Å². The standard InChI is InChI=1S/C10H12N4O/c11-7-8-3-1-2-4-9(8)13-5-6-14-10(12)15/h1-4,13H,5-6H2,(H3,12,14,15). The number of amides is 2. The highest BCUT2D eigenvalue weighted by Crippen LogP contribution is 2.12. The first kappa shape index (κ1) is 10.9. The number of nitriles is 1. The van der Waals surface area contributed by atoms with Crippen LogP contribution in [0.1, 0.15) is 5.56 Å². The lowest BCUT2D eigenvalue weighted by Gasteiger charge is -2.07. The predicted octanol–water partition coefficient (Wildman–Crippen LogP) is 0.638. The monoisotopic (exact) mass is 204 g/mol. The number of rotatable bonds is 4. The summed E-state index contributed by atoms with van der Waals surface area (Å²) in [5.41, 5.74) is 6.23. The van der Waals surface area contributed by atoms with Crippen molar-refractivity contribution in [3.63, 3.8) is 0 Å². The Hall–Kier alpha value is -2.22. The normalized spacial score (nSPS) is 9.00. The van der Waals surface area contributed by atoms with Gasteiger partial charge in [-0.25, -0.2) is 4.79 Å². The largest absolute Gasteiger partial charge is 0.382 e. The van der Waals surface area contributed by atoms with Gasteiger partial charge in [-0.3, -0.25) is 0 Å². The highest BCUT2D eigenvalue weighted by molar-refractivity contribution is 5.71. The fraction of sp³-hybridized carbons (Fsp3) is 0.200. The molecule has 0 radical (unpaired) electrons. The van der Waals surface area contributed by atoms with Gasteiger partial charge in [0.2, 0.25) is 0 Å². The van der Waals surface area contributed by atoms with Crippen molar-refractivity contribution in [2.24, 2.45) is 5.73 Å². The van der Waals surface area contributed by atoms with E-state index in [1.54, 1.807) is 12.1 Å². The summed E-state index contributed by atoms with van der Waals surface area (Å²) < 4.78 is 0. The van der Waals surface area contributed by atoms with Crippen LogP contribution in [0.2, 0.25) is 0 Å². The maximum atomic E-state index is 10.4. The van der Waals surface area contributed by atoms with E-state index in [0.717, 1.165) is 5.69 Å². The zero-order valence-electron chi connectivity index (χ0n) is 8.16. The number of primary amides is 1. The Balaban J connectivity index is 2.44. The van der Waals surface area contributed by atoms with Crippen molar-refractivity contribution in [2.45, 2.75) is 0 Å². The van der Waals surface area contributed by atoms with Crippen LogP contribution in [0.25, 0.3) is 0 Å². The minimum Gasteiger partial charge on any atom is -0.382 e. The number of nitrogens with zero attached hydrogens (tertiary/aromatic N) is 1. The minimum atomic E-state index is -0.551. The number of nitrogens with one attached hydrogen (secondary N) is 2. The number of carbonyl (C=O) groups is 1. The fourth-order valence-corrected chi connectivity index (χ4v) is 1.12. The molecule has 0 heterocycles. The van der Waals surface area contributed by atoms with Gasteiger partial charge in [0.1, 0.15) is 6.07 Å². The molecule has 0 saturated heterocycles. The molecule has 0 aromatic heterocycles. The van der Waals surface area contributed by atoms with E-state index in [2.05, 4.69) is 16.7 Å². The van der Waals surface area contributed by atoms with Crippen molar-refractivity contribution >= 4 is 11.7 Å². The van der Waals surface area contributed by atoms with E-state index in [9.17, 15) is 4.79 Å². The van der Waals surface area contributed by atoms with Crippen LogP contribution in [0.5, 0.6) is 0 Å². The van der Waals surface area contributed by atoms with Gasteiger partial charge in [-0.1, -0.05) is 12.1 Å². The maximum Gasteiger partial charge on any atom is 0.312 e. The molecule has 0 atom stereocenters. The molecule has 0 bridgehead atoms. The van der Waals surface area contributed by atoms with E-state index in [1.165, 1.54) is 0 Å². The van der Waals surface area contributed by atoms with Gasteiger partial charge >= 0.3 is 6.03 Å². The van der Waals surface area contributed by atoms with Crippen LogP contribution in [0.4, 0.5) is 10.5 Å². The number of urea groups is 1. The Bertz CT molecular complexity index is 383. The van der Waals surface area contributed by atoms with Crippen molar-refractivity contribution in [3.8, 4) is 6.07 Å². The van der Waals surface area contributed by atoms with E-state index >= 15 is 0 Å². The van der Waals surface area contributed by atoms with E-state index in [-0.39, 0.29) is 0 Å². The third-order valence-corrected chi connectivity index (χ3v) is 1.79. The van der Waals surface area contributed by atoms with Crippen molar-refractivity contribution in [3.05, 3.63) is 29.8 Å². The summed E-state index contributed by atoms with van der Waals surface area (Å²) >= 11 is 0. The lowest BCUT2D eigenvalue weighted by molar-refractivity contribution is 0.249. The Morgan fingerprint density at radius 3 is 2.80 bits per heavy atom. The number of carbonyl (C=O) groups excluding carboxylic acids is 1. The zero-order chi connectivity index (χ0) is 11.1. The van der Waals surface area contributed by atoms with Crippen LogP contribution >= 0.6 is 0 Å². The first-order chi connectivity index (χ1) is 7.24. The SMILES string of the molecule is N#Cc1ccccc1NCCNC(N)=O. The number of benzene rings is 1. The third kappa shape index (κ3) is 3.56. The zero-order valence-corrected chi connectivity index (χ0v) is 8.16. The molecule has 0 fully saturated rings. The second kappa shape index (κ2) is 5.50. The summed E-state index contributed by atoms with van der Waals surface area (Å²) in [5.74, 6) is 0. The molecule has 2 amide bonds. The minimum absolute atomic E-state index is 0.426. The van der Waals surface area contributed by atoms with Crippen molar-refractivity contribution in [2.75, 3.05) is 18.4 Å². The van der Waals surface area contributed by atoms with Crippen molar-refractivity contribution in [1.29, 1.82) is 5.26 Å². The van der Waals surface area contributed by atoms with Crippen LogP contribution in [0.3, 0.4) is 0 Å². The molecule has 0 aliphatic heterocycles. The number of hydrogen-bond acceptors (Lipinski definition) is 3. The number of anilines is 1. The maximum absolute atomic E-state index is 10.4. The van der Waals surface area contributed by atoms with Crippen LogP contribution in [-0.2, 0) is 0 Å². The van der Waals surface area contributed by atoms with E-state index in [4.69, 9.17) is 11.0 Å². The number of nitrogens with two attached hydrogens (primary N) is 1. The molecular formula is C10H12N4O. The summed E-state index contributed by atoms with van der Waals surface area (Å²) in [6.45, 7) is 0.955. The van der Waals surface area contributed by atoms with Gasteiger partial charge in [-0.05, 0) is 12.1 Å². The summed E-state index contributed by atoms with van der Waals surface area (Å²) in [6, 6.07) is 8.69. The molecule has 5 nitrogen and oxygen atoms in total. The van der Waals surface area contributed by atoms with Crippen LogP contribution in [0, 0.1) is 11.3 Å². The van der Waals surface area contributed by atoms with Gasteiger partial charge in [0.25, 0.3) is 0 Å². The van der Waals surface area contributed by atoms with Gasteiger partial charge in [-0.2, -0.15) is 5.26 Å². The Kier molecular flexibility index (Phi) is 3.98. The Morgan fingerprint density at radius 1 is 1.40 bits per heavy atom. The average Bonchev–Trinajstić information content (AvgIpc) is 2.24. The highest BCUT2D eigenvalue weighted by Gasteiger charge is 1.98. The first-order valence-corrected chi connectivity index (χ1v) is 4.50. The van der Waals surface area contributed by atoms with E-state index in [1.807, 2.05) is 12.1 Å². The number of hydrogen-bond donors (Lipinski definition) is 3. The summed E-state index contributed by atoms with van der Waals surface area (Å²) in [5, 5.41) is 14.3. The Morgan fingerprint density at radius 2 is 2.13 bits per heavy atom. The summed E-state index contributed by atoms with van der Waals surface area (Å²) in [7, 11) is 0. The van der Waals surface area contributed by atoms with E-state index in [0.29, 0.717) is 18.7 Å². The molecule has 0 aliphatic rings. The molecule has 5 heteroatoms.